The molecule has 20 heavy (non-hydrogen) atoms. The van der Waals surface area contributed by atoms with Crippen LogP contribution in [-0.4, -0.2) is 27.3 Å². The zero-order chi connectivity index (χ0) is 14.5. The van der Waals surface area contributed by atoms with E-state index in [1.807, 2.05) is 12.1 Å². The van der Waals surface area contributed by atoms with Gasteiger partial charge in [-0.3, -0.25) is 0 Å². The van der Waals surface area contributed by atoms with E-state index in [1.54, 1.807) is 11.8 Å². The Hall–Kier alpha value is -1.15. The van der Waals surface area contributed by atoms with Gasteiger partial charge in [0.15, 0.2) is 0 Å². The van der Waals surface area contributed by atoms with Gasteiger partial charge in [0.05, 0.1) is 16.1 Å². The van der Waals surface area contributed by atoms with Gasteiger partial charge >= 0.3 is 0 Å². The fourth-order valence-corrected chi connectivity index (χ4v) is 3.39. The lowest BCUT2D eigenvalue weighted by Gasteiger charge is -2.10. The highest BCUT2D eigenvalue weighted by atomic mass is 79.9. The summed E-state index contributed by atoms with van der Waals surface area (Å²) in [4.78, 5) is 0. The summed E-state index contributed by atoms with van der Waals surface area (Å²) < 4.78 is 8.84. The van der Waals surface area contributed by atoms with Gasteiger partial charge in [-0.05, 0) is 66.4 Å². The molecule has 0 spiro atoms. The topological polar surface area (TPSA) is 64.9 Å². The van der Waals surface area contributed by atoms with Crippen LogP contribution >= 0.6 is 31.9 Å². The first-order valence-corrected chi connectivity index (χ1v) is 7.76. The van der Waals surface area contributed by atoms with Crippen molar-refractivity contribution in [3.63, 3.8) is 0 Å². The Morgan fingerprint density at radius 3 is 2.60 bits per heavy atom. The molecule has 2 aromatic rings. The van der Waals surface area contributed by atoms with Gasteiger partial charge in [0.1, 0.15) is 5.75 Å². The first-order chi connectivity index (χ1) is 9.65. The van der Waals surface area contributed by atoms with Gasteiger partial charge in [0.25, 0.3) is 0 Å². The molecule has 6 nitrogen and oxygen atoms in total. The zero-order valence-electron chi connectivity index (χ0n) is 11.2. The van der Waals surface area contributed by atoms with Crippen molar-refractivity contribution in [1.82, 2.24) is 20.2 Å². The van der Waals surface area contributed by atoms with Crippen molar-refractivity contribution in [2.24, 2.45) is 0 Å². The predicted molar refractivity (Wildman–Crippen MR) is 83.8 cm³/mol. The molecule has 0 bridgehead atoms. The largest absolute Gasteiger partial charge is 0.494 e. The number of ether oxygens (including phenoxy) is 1. The highest BCUT2D eigenvalue weighted by Crippen LogP contribution is 2.34. The summed E-state index contributed by atoms with van der Waals surface area (Å²) in [6.07, 6.45) is 0.985. The molecule has 0 radical (unpaired) electrons. The SMILES string of the molecule is CCCn1nnnc1NCc1cc(Br)c(OC)c(Br)c1. The lowest BCUT2D eigenvalue weighted by atomic mass is 10.2. The summed E-state index contributed by atoms with van der Waals surface area (Å²) in [5, 5.41) is 14.8. The average Bonchev–Trinajstić information content (AvgIpc) is 2.84. The van der Waals surface area contributed by atoms with E-state index >= 15 is 0 Å². The van der Waals surface area contributed by atoms with Crippen LogP contribution in [0.25, 0.3) is 0 Å². The molecule has 1 heterocycles. The molecule has 2 rings (SSSR count). The maximum atomic E-state index is 5.28. The number of benzene rings is 1. The fraction of sp³-hybridized carbons (Fsp3) is 0.417. The average molecular weight is 405 g/mol. The molecule has 8 heteroatoms. The van der Waals surface area contributed by atoms with E-state index in [1.165, 1.54) is 0 Å². The molecule has 0 fully saturated rings. The van der Waals surface area contributed by atoms with Crippen molar-refractivity contribution in [3.8, 4) is 5.75 Å². The maximum absolute atomic E-state index is 5.28. The van der Waals surface area contributed by atoms with Crippen molar-refractivity contribution in [2.45, 2.75) is 26.4 Å². The summed E-state index contributed by atoms with van der Waals surface area (Å²) in [5.74, 6) is 1.46. The smallest absolute Gasteiger partial charge is 0.243 e. The number of hydrogen-bond acceptors (Lipinski definition) is 5. The summed E-state index contributed by atoms with van der Waals surface area (Å²) in [7, 11) is 1.64. The van der Waals surface area contributed by atoms with Crippen molar-refractivity contribution >= 4 is 37.8 Å². The van der Waals surface area contributed by atoms with E-state index in [2.05, 4.69) is 59.6 Å². The molecule has 108 valence electrons. The Morgan fingerprint density at radius 1 is 1.30 bits per heavy atom. The van der Waals surface area contributed by atoms with Crippen LogP contribution in [0.2, 0.25) is 0 Å². The summed E-state index contributed by atoms with van der Waals surface area (Å²) in [6.45, 7) is 3.51. The third-order valence-electron chi connectivity index (χ3n) is 2.68. The number of nitrogens with one attached hydrogen (secondary N) is 1. The van der Waals surface area contributed by atoms with Crippen LogP contribution in [0.1, 0.15) is 18.9 Å². The first-order valence-electron chi connectivity index (χ1n) is 6.17. The summed E-state index contributed by atoms with van der Waals surface area (Å²) in [5.41, 5.74) is 1.09. The number of methoxy groups -OCH3 is 1. The lowest BCUT2D eigenvalue weighted by Crippen LogP contribution is -2.09. The minimum Gasteiger partial charge on any atom is -0.494 e. The van der Waals surface area contributed by atoms with Crippen LogP contribution in [-0.2, 0) is 13.1 Å². The molecule has 0 saturated carbocycles. The number of tetrazole rings is 1. The number of aromatic nitrogens is 4. The third-order valence-corrected chi connectivity index (χ3v) is 3.86. The van der Waals surface area contributed by atoms with E-state index in [4.69, 9.17) is 4.74 Å². The number of anilines is 1. The van der Waals surface area contributed by atoms with Crippen molar-refractivity contribution in [1.29, 1.82) is 0 Å². The minimum atomic E-state index is 0.630. The van der Waals surface area contributed by atoms with Crippen LogP contribution in [0.15, 0.2) is 21.1 Å². The molecule has 1 aromatic heterocycles. The van der Waals surface area contributed by atoms with Crippen molar-refractivity contribution < 1.29 is 4.74 Å². The van der Waals surface area contributed by atoms with E-state index in [-0.39, 0.29) is 0 Å². The molecule has 0 aliphatic heterocycles. The second-order valence-corrected chi connectivity index (χ2v) is 5.88. The Kier molecular flexibility index (Phi) is 5.36. The summed E-state index contributed by atoms with van der Waals surface area (Å²) in [6, 6.07) is 4.01. The Morgan fingerprint density at radius 2 is 2.00 bits per heavy atom. The number of rotatable bonds is 6. The van der Waals surface area contributed by atoms with Gasteiger partial charge in [-0.1, -0.05) is 12.0 Å². The molecule has 0 unspecified atom stereocenters. The number of nitrogens with zero attached hydrogens (tertiary/aromatic N) is 4. The molecule has 0 saturated heterocycles. The molecule has 1 aromatic carbocycles. The van der Waals surface area contributed by atoms with Crippen LogP contribution in [0.5, 0.6) is 5.75 Å². The third kappa shape index (κ3) is 3.49. The predicted octanol–water partition coefficient (Wildman–Crippen LogP) is 3.23. The highest BCUT2D eigenvalue weighted by Gasteiger charge is 2.09. The molecular formula is C12H15Br2N5O. The van der Waals surface area contributed by atoms with Gasteiger partial charge in [-0.15, -0.1) is 0 Å². The Balaban J connectivity index is 2.09. The summed E-state index contributed by atoms with van der Waals surface area (Å²) >= 11 is 6.98. The zero-order valence-corrected chi connectivity index (χ0v) is 14.4. The maximum Gasteiger partial charge on any atom is 0.243 e. The minimum absolute atomic E-state index is 0.630. The quantitative estimate of drug-likeness (QED) is 0.800. The van der Waals surface area contributed by atoms with Gasteiger partial charge in [-0.25, -0.2) is 4.68 Å². The van der Waals surface area contributed by atoms with E-state index < -0.39 is 0 Å². The Labute approximate surface area is 134 Å². The van der Waals surface area contributed by atoms with Gasteiger partial charge < -0.3 is 10.1 Å². The van der Waals surface area contributed by atoms with E-state index in [0.717, 1.165) is 33.2 Å². The number of aryl methyl sites for hydroxylation is 1. The molecule has 0 atom stereocenters. The molecule has 1 N–H and O–H groups in total. The normalized spacial score (nSPS) is 10.6. The number of halogens is 2. The first kappa shape index (κ1) is 15.2. The lowest BCUT2D eigenvalue weighted by molar-refractivity contribution is 0.409. The van der Waals surface area contributed by atoms with Gasteiger partial charge in [0, 0.05) is 13.1 Å². The van der Waals surface area contributed by atoms with E-state index in [9.17, 15) is 0 Å². The molecule has 0 aliphatic rings. The van der Waals surface area contributed by atoms with Crippen LogP contribution < -0.4 is 10.1 Å². The van der Waals surface area contributed by atoms with Gasteiger partial charge in [0.2, 0.25) is 5.95 Å². The van der Waals surface area contributed by atoms with Crippen molar-refractivity contribution in [3.05, 3.63) is 26.6 Å². The monoisotopic (exact) mass is 403 g/mol. The molecule has 0 amide bonds. The van der Waals surface area contributed by atoms with Gasteiger partial charge in [-0.2, -0.15) is 0 Å². The Bertz CT molecular complexity index is 564. The molecular weight excluding hydrogens is 390 g/mol. The molecule has 0 aliphatic carbocycles. The van der Waals surface area contributed by atoms with Crippen LogP contribution in [0.3, 0.4) is 0 Å². The highest BCUT2D eigenvalue weighted by molar-refractivity contribution is 9.11. The second kappa shape index (κ2) is 7.03. The number of hydrogen-bond donors (Lipinski definition) is 1. The van der Waals surface area contributed by atoms with Crippen LogP contribution in [0.4, 0.5) is 5.95 Å². The van der Waals surface area contributed by atoms with E-state index in [0.29, 0.717) is 12.5 Å². The van der Waals surface area contributed by atoms with Crippen molar-refractivity contribution in [2.75, 3.05) is 12.4 Å². The van der Waals surface area contributed by atoms with Crippen LogP contribution in [0, 0.1) is 0 Å². The standard InChI is InChI=1S/C12H15Br2N5O/c1-3-4-19-12(16-17-18-19)15-7-8-5-9(13)11(20-2)10(14)6-8/h5-6H,3-4,7H2,1-2H3,(H,15,16,18). The second-order valence-electron chi connectivity index (χ2n) is 4.17. The fourth-order valence-electron chi connectivity index (χ4n) is 1.78.